The first kappa shape index (κ1) is 38.0. The van der Waals surface area contributed by atoms with Crippen molar-refractivity contribution in [1.82, 2.24) is 10.2 Å². The van der Waals surface area contributed by atoms with E-state index in [0.29, 0.717) is 44.2 Å². The van der Waals surface area contributed by atoms with Crippen LogP contribution in [-0.2, 0) is 28.7 Å². The standard InChI is InChI=1S/C41H53N3O7/c1-6-8-21-32(46)42-29(5)36(30-19-12-11-13-20-30)50-40(49)33-31-22-23-41(51-31)34(33)38(47)44(25-14-9-10-15-26-45)37(41)39(48)43(24-7-2)35-27(3)17-16-18-28(35)4/h6-7,11-13,16-20,29,31,33-34,36-37,45H,1-2,8-10,14-15,21-26H2,3-5H3,(H,42,46)/t29-,31+,33-,34-,36-,37+,41-/m1/s1. The van der Waals surface area contributed by atoms with E-state index < -0.39 is 47.7 Å². The lowest BCUT2D eigenvalue weighted by atomic mass is 9.70. The predicted molar refractivity (Wildman–Crippen MR) is 196 cm³/mol. The lowest BCUT2D eigenvalue weighted by Crippen LogP contribution is -2.56. The summed E-state index contributed by atoms with van der Waals surface area (Å²) in [5, 5.41) is 12.3. The van der Waals surface area contributed by atoms with Crippen LogP contribution >= 0.6 is 0 Å². The van der Waals surface area contributed by atoms with Crippen molar-refractivity contribution in [1.29, 1.82) is 0 Å². The van der Waals surface area contributed by atoms with E-state index in [1.807, 2.05) is 62.4 Å². The lowest BCUT2D eigenvalue weighted by Gasteiger charge is -2.37. The maximum atomic E-state index is 15.0. The van der Waals surface area contributed by atoms with Crippen molar-refractivity contribution in [3.05, 3.63) is 90.5 Å². The molecule has 0 aliphatic carbocycles. The number of fused-ring (bicyclic) bond motifs is 1. The van der Waals surface area contributed by atoms with E-state index in [-0.39, 0.29) is 37.3 Å². The second-order valence-electron chi connectivity index (χ2n) is 14.2. The van der Waals surface area contributed by atoms with Gasteiger partial charge in [0.15, 0.2) is 0 Å². The third-order valence-corrected chi connectivity index (χ3v) is 10.7. The number of hydrogen-bond donors (Lipinski definition) is 2. The Bertz CT molecular complexity index is 1570. The smallest absolute Gasteiger partial charge is 0.313 e. The number of hydrogen-bond acceptors (Lipinski definition) is 7. The number of carbonyl (C=O) groups excluding carboxylic acids is 4. The molecule has 3 amide bonds. The summed E-state index contributed by atoms with van der Waals surface area (Å²) in [5.41, 5.74) is 2.14. The lowest BCUT2D eigenvalue weighted by molar-refractivity contribution is -0.162. The van der Waals surface area contributed by atoms with Crippen molar-refractivity contribution in [3.8, 4) is 0 Å². The Morgan fingerprint density at radius 3 is 2.43 bits per heavy atom. The van der Waals surface area contributed by atoms with Crippen LogP contribution in [-0.4, -0.2) is 77.2 Å². The number of rotatable bonds is 18. The maximum Gasteiger partial charge on any atom is 0.313 e. The average molecular weight is 700 g/mol. The molecule has 0 saturated carbocycles. The minimum atomic E-state index is -1.20. The highest BCUT2D eigenvalue weighted by molar-refractivity contribution is 6.05. The van der Waals surface area contributed by atoms with Crippen molar-refractivity contribution in [2.75, 3.05) is 24.6 Å². The van der Waals surface area contributed by atoms with Gasteiger partial charge in [0.1, 0.15) is 17.7 Å². The number of aryl methyl sites for hydroxylation is 2. The summed E-state index contributed by atoms with van der Waals surface area (Å²) in [6, 6.07) is 13.6. The third kappa shape index (κ3) is 7.67. The van der Waals surface area contributed by atoms with Crippen molar-refractivity contribution in [3.63, 3.8) is 0 Å². The topological polar surface area (TPSA) is 125 Å². The number of para-hydroxylation sites is 1. The summed E-state index contributed by atoms with van der Waals surface area (Å²) in [6.45, 7) is 14.0. The average Bonchev–Trinajstić information content (AvgIpc) is 3.76. The second kappa shape index (κ2) is 16.8. The molecule has 3 aliphatic rings. The molecule has 2 aromatic rings. The zero-order chi connectivity index (χ0) is 36.7. The normalized spacial score (nSPS) is 24.5. The van der Waals surface area contributed by atoms with Crippen LogP contribution in [0.15, 0.2) is 73.8 Å². The minimum Gasteiger partial charge on any atom is -0.455 e. The van der Waals surface area contributed by atoms with E-state index in [4.69, 9.17) is 9.47 Å². The van der Waals surface area contributed by atoms with E-state index in [0.717, 1.165) is 29.7 Å². The molecule has 5 rings (SSSR count). The Kier molecular flexibility index (Phi) is 12.5. The predicted octanol–water partition coefficient (Wildman–Crippen LogP) is 5.51. The number of carbonyl (C=O) groups is 4. The highest BCUT2D eigenvalue weighted by Gasteiger charge is 2.75. The first-order valence-electron chi connectivity index (χ1n) is 18.3. The third-order valence-electron chi connectivity index (χ3n) is 10.7. The van der Waals surface area contributed by atoms with Crippen molar-refractivity contribution in [2.45, 2.75) is 102 Å². The molecule has 3 aliphatic heterocycles. The van der Waals surface area contributed by atoms with Crippen LogP contribution in [0.25, 0.3) is 0 Å². The molecule has 10 nitrogen and oxygen atoms in total. The quantitative estimate of drug-likeness (QED) is 0.120. The Morgan fingerprint density at radius 1 is 1.06 bits per heavy atom. The van der Waals surface area contributed by atoms with Crippen LogP contribution in [0.2, 0.25) is 0 Å². The first-order chi connectivity index (χ1) is 24.6. The van der Waals surface area contributed by atoms with Gasteiger partial charge in [-0.25, -0.2) is 0 Å². The highest BCUT2D eigenvalue weighted by Crippen LogP contribution is 2.59. The number of aliphatic hydroxyl groups excluding tert-OH is 1. The Hall–Kier alpha value is -4.28. The molecule has 0 aromatic heterocycles. The maximum absolute atomic E-state index is 15.0. The van der Waals surface area contributed by atoms with Gasteiger partial charge in [-0.15, -0.1) is 13.2 Å². The number of nitrogens with one attached hydrogen (secondary N) is 1. The zero-order valence-electron chi connectivity index (χ0n) is 30.2. The summed E-state index contributed by atoms with van der Waals surface area (Å²) < 4.78 is 13.0. The molecule has 274 valence electrons. The van der Waals surface area contributed by atoms with Crippen LogP contribution in [0.4, 0.5) is 5.69 Å². The molecule has 7 atom stereocenters. The molecule has 3 saturated heterocycles. The number of allylic oxidation sites excluding steroid dienone is 1. The number of amides is 3. The molecule has 1 spiro atoms. The molecule has 0 unspecified atom stereocenters. The summed E-state index contributed by atoms with van der Waals surface area (Å²) in [7, 11) is 0. The number of ether oxygens (including phenoxy) is 2. The molecule has 10 heteroatoms. The van der Waals surface area contributed by atoms with E-state index in [9.17, 15) is 24.3 Å². The molecular weight excluding hydrogens is 646 g/mol. The van der Waals surface area contributed by atoms with E-state index >= 15 is 0 Å². The second-order valence-corrected chi connectivity index (χ2v) is 14.2. The van der Waals surface area contributed by atoms with Gasteiger partial charge in [0.2, 0.25) is 11.8 Å². The van der Waals surface area contributed by atoms with Gasteiger partial charge in [-0.3, -0.25) is 19.2 Å². The molecular formula is C41H53N3O7. The Labute approximate surface area is 301 Å². The van der Waals surface area contributed by atoms with Crippen LogP contribution < -0.4 is 10.2 Å². The van der Waals surface area contributed by atoms with Crippen molar-refractivity contribution >= 4 is 29.4 Å². The zero-order valence-corrected chi connectivity index (χ0v) is 30.2. The van der Waals surface area contributed by atoms with Gasteiger partial charge in [-0.05, 0) is 69.6 Å². The molecule has 3 fully saturated rings. The van der Waals surface area contributed by atoms with Crippen LogP contribution in [0.5, 0.6) is 0 Å². The van der Waals surface area contributed by atoms with E-state index in [1.165, 1.54) is 0 Å². The largest absolute Gasteiger partial charge is 0.455 e. The number of benzene rings is 2. The van der Waals surface area contributed by atoms with Crippen LogP contribution in [0.3, 0.4) is 0 Å². The fourth-order valence-corrected chi connectivity index (χ4v) is 8.43. The van der Waals surface area contributed by atoms with Gasteiger partial charge in [0, 0.05) is 31.8 Å². The van der Waals surface area contributed by atoms with E-state index in [1.54, 1.807) is 28.9 Å². The van der Waals surface area contributed by atoms with Gasteiger partial charge in [0.25, 0.3) is 5.91 Å². The number of anilines is 1. The minimum absolute atomic E-state index is 0.0986. The molecule has 0 radical (unpaired) electrons. The number of likely N-dealkylation sites (tertiary alicyclic amines) is 1. The first-order valence-corrected chi connectivity index (χ1v) is 18.3. The van der Waals surface area contributed by atoms with E-state index in [2.05, 4.69) is 18.5 Å². The molecule has 2 bridgehead atoms. The Morgan fingerprint density at radius 2 is 1.76 bits per heavy atom. The number of aliphatic hydroxyl groups is 1. The molecule has 51 heavy (non-hydrogen) atoms. The van der Waals surface area contributed by atoms with Gasteiger partial charge in [0.05, 0.1) is 24.0 Å². The molecule has 2 N–H and O–H groups in total. The van der Waals surface area contributed by atoms with Crippen molar-refractivity contribution in [2.24, 2.45) is 11.8 Å². The van der Waals surface area contributed by atoms with Gasteiger partial charge in [-0.1, -0.05) is 73.5 Å². The van der Waals surface area contributed by atoms with Gasteiger partial charge < -0.3 is 29.7 Å². The highest BCUT2D eigenvalue weighted by atomic mass is 16.6. The summed E-state index contributed by atoms with van der Waals surface area (Å²) >= 11 is 0. The SMILES string of the molecule is C=CCCC(=O)N[C@H](C)[C@@H](OC(=O)[C@@H]1[C@@H]2CC[C@]3(O2)[C@H](C(=O)N(CC=C)c2c(C)cccc2C)N(CCCCCCO)C(=O)[C@@H]13)c1ccccc1. The fourth-order valence-electron chi connectivity index (χ4n) is 8.43. The van der Waals surface area contributed by atoms with Gasteiger partial charge in [-0.2, -0.15) is 0 Å². The summed E-state index contributed by atoms with van der Waals surface area (Å²) in [4.78, 5) is 60.1. The number of unbranched alkanes of at least 4 members (excludes halogenated alkanes) is 3. The Balaban J connectivity index is 1.48. The molecule has 2 aromatic carbocycles. The van der Waals surface area contributed by atoms with Crippen molar-refractivity contribution < 1.29 is 33.8 Å². The summed E-state index contributed by atoms with van der Waals surface area (Å²) in [5.74, 6) is -3.10. The van der Waals surface area contributed by atoms with Gasteiger partial charge >= 0.3 is 5.97 Å². The summed E-state index contributed by atoms with van der Waals surface area (Å²) in [6.07, 6.45) is 6.59. The fraction of sp³-hybridized carbons (Fsp3) is 0.512. The number of esters is 1. The monoisotopic (exact) mass is 699 g/mol. The molecule has 3 heterocycles. The van der Waals surface area contributed by atoms with Crippen LogP contribution in [0, 0.1) is 25.7 Å². The number of nitrogens with zero attached hydrogens (tertiary/aromatic N) is 2. The van der Waals surface area contributed by atoms with Crippen LogP contribution in [0.1, 0.15) is 81.1 Å².